The van der Waals surface area contributed by atoms with E-state index in [-0.39, 0.29) is 22.5 Å². The van der Waals surface area contributed by atoms with Gasteiger partial charge in [0.2, 0.25) is 0 Å². The highest BCUT2D eigenvalue weighted by molar-refractivity contribution is 8.01. The number of carbonyl (C=O) groups excluding carboxylic acids is 1. The molecular weight excluding hydrogens is 347 g/mol. The van der Waals surface area contributed by atoms with Crippen LogP contribution in [0, 0.1) is 5.82 Å². The first-order valence-electron chi connectivity index (χ1n) is 8.32. The summed E-state index contributed by atoms with van der Waals surface area (Å²) in [4.78, 5) is 17.3. The van der Waals surface area contributed by atoms with Gasteiger partial charge < -0.3 is 0 Å². The van der Waals surface area contributed by atoms with Crippen LogP contribution in [0.1, 0.15) is 42.7 Å². The zero-order valence-corrected chi connectivity index (χ0v) is 14.2. The number of allylic oxidation sites excluding steroid dienone is 2. The van der Waals surface area contributed by atoms with Crippen molar-refractivity contribution in [1.82, 2.24) is 0 Å². The Bertz CT molecular complexity index is 839. The third kappa shape index (κ3) is 2.97. The van der Waals surface area contributed by atoms with Crippen LogP contribution in [0.4, 0.5) is 13.2 Å². The molecule has 0 bridgehead atoms. The van der Waals surface area contributed by atoms with Gasteiger partial charge in [-0.3, -0.25) is 9.79 Å². The molecule has 2 nitrogen and oxygen atoms in total. The van der Waals surface area contributed by atoms with Crippen LogP contribution in [0.15, 0.2) is 40.5 Å². The second kappa shape index (κ2) is 6.48. The van der Waals surface area contributed by atoms with Crippen molar-refractivity contribution in [2.45, 2.75) is 36.9 Å². The van der Waals surface area contributed by atoms with Gasteiger partial charge in [0.05, 0.1) is 5.25 Å². The molecule has 0 amide bonds. The maximum absolute atomic E-state index is 13.9. The van der Waals surface area contributed by atoms with Gasteiger partial charge in [0.25, 0.3) is 6.08 Å². The van der Waals surface area contributed by atoms with Crippen molar-refractivity contribution in [3.05, 3.63) is 52.5 Å². The molecule has 0 saturated carbocycles. The highest BCUT2D eigenvalue weighted by atomic mass is 32.2. The number of ketones is 1. The first-order valence-corrected chi connectivity index (χ1v) is 9.37. The van der Waals surface area contributed by atoms with Crippen molar-refractivity contribution in [3.63, 3.8) is 0 Å². The van der Waals surface area contributed by atoms with E-state index < -0.39 is 11.9 Å². The van der Waals surface area contributed by atoms with Gasteiger partial charge >= 0.3 is 0 Å². The molecule has 25 heavy (non-hydrogen) atoms. The lowest BCUT2D eigenvalue weighted by Crippen LogP contribution is -2.32. The van der Waals surface area contributed by atoms with Crippen LogP contribution in [0.3, 0.4) is 0 Å². The Morgan fingerprint density at radius 3 is 2.88 bits per heavy atom. The van der Waals surface area contributed by atoms with E-state index in [0.29, 0.717) is 23.6 Å². The number of aliphatic imine (C=N–C) groups is 1. The number of carbonyl (C=O) groups is 1. The minimum atomic E-state index is -1.94. The quantitative estimate of drug-likeness (QED) is 0.730. The third-order valence-corrected chi connectivity index (χ3v) is 6.29. The summed E-state index contributed by atoms with van der Waals surface area (Å²) in [6.45, 7) is 0. The number of benzene rings is 1. The Balaban J connectivity index is 1.85. The monoisotopic (exact) mass is 363 g/mol. The largest absolute Gasteiger partial charge is 0.294 e. The fraction of sp³-hybridized carbons (Fsp3) is 0.368. The van der Waals surface area contributed by atoms with Gasteiger partial charge in [0, 0.05) is 41.0 Å². The third-order valence-electron chi connectivity index (χ3n) is 4.95. The molecule has 6 heteroatoms. The summed E-state index contributed by atoms with van der Waals surface area (Å²) < 4.78 is 39.1. The van der Waals surface area contributed by atoms with E-state index >= 15 is 0 Å². The number of nitrogens with zero attached hydrogens (tertiary/aromatic N) is 1. The van der Waals surface area contributed by atoms with Gasteiger partial charge in [-0.1, -0.05) is 6.07 Å². The standard InChI is InChI=1S/C19H16F3NOS/c20-12-5-4-10(8-11(12)9-16(21)22)17-18-13(2-1-3-15(18)24)23-14-6-7-25-19(14)17/h4-5,8-9,17,19H,1-3,6-7H2. The second-order valence-corrected chi connectivity index (χ2v) is 7.72. The predicted octanol–water partition coefficient (Wildman–Crippen LogP) is 5.11. The van der Waals surface area contributed by atoms with E-state index in [0.717, 1.165) is 36.4 Å². The molecule has 2 heterocycles. The molecule has 1 fully saturated rings. The highest BCUT2D eigenvalue weighted by Gasteiger charge is 2.42. The lowest BCUT2D eigenvalue weighted by molar-refractivity contribution is -0.116. The van der Waals surface area contributed by atoms with Crippen LogP contribution in [-0.2, 0) is 4.79 Å². The number of thioether (sulfide) groups is 1. The molecule has 130 valence electrons. The van der Waals surface area contributed by atoms with Crippen molar-refractivity contribution in [1.29, 1.82) is 0 Å². The number of rotatable bonds is 2. The molecule has 0 aromatic heterocycles. The van der Waals surface area contributed by atoms with E-state index in [1.54, 1.807) is 17.8 Å². The molecule has 0 spiro atoms. The lowest BCUT2D eigenvalue weighted by atomic mass is 9.77. The van der Waals surface area contributed by atoms with Crippen LogP contribution >= 0.6 is 11.8 Å². The molecule has 1 aliphatic carbocycles. The number of hydrogen-bond acceptors (Lipinski definition) is 3. The average molecular weight is 363 g/mol. The fourth-order valence-electron chi connectivity index (χ4n) is 3.90. The van der Waals surface area contributed by atoms with Crippen LogP contribution in [0.5, 0.6) is 0 Å². The average Bonchev–Trinajstić information content (AvgIpc) is 3.03. The minimum Gasteiger partial charge on any atom is -0.294 e. The molecular formula is C19H16F3NOS. The summed E-state index contributed by atoms with van der Waals surface area (Å²) in [5, 5.41) is 0.0401. The van der Waals surface area contributed by atoms with Gasteiger partial charge in [-0.25, -0.2) is 4.39 Å². The molecule has 2 atom stereocenters. The van der Waals surface area contributed by atoms with Crippen LogP contribution < -0.4 is 0 Å². The molecule has 2 unspecified atom stereocenters. The minimum absolute atomic E-state index is 0.0401. The first kappa shape index (κ1) is 16.6. The van der Waals surface area contributed by atoms with Crippen LogP contribution in [-0.4, -0.2) is 22.5 Å². The van der Waals surface area contributed by atoms with Gasteiger partial charge in [0.1, 0.15) is 5.82 Å². The van der Waals surface area contributed by atoms with Gasteiger partial charge in [-0.15, -0.1) is 0 Å². The maximum atomic E-state index is 13.9. The predicted molar refractivity (Wildman–Crippen MR) is 93.5 cm³/mol. The summed E-state index contributed by atoms with van der Waals surface area (Å²) in [5.41, 5.74) is 3.18. The second-order valence-electron chi connectivity index (χ2n) is 6.47. The summed E-state index contributed by atoms with van der Waals surface area (Å²) in [6.07, 6.45) is 1.53. The SMILES string of the molecule is O=C1CCCC2=C1C(c1ccc(F)c(C=C(F)F)c1)C1SCCC1=N2. The summed E-state index contributed by atoms with van der Waals surface area (Å²) in [6, 6.07) is 4.28. The van der Waals surface area contributed by atoms with E-state index in [2.05, 4.69) is 0 Å². The molecule has 2 aliphatic heterocycles. The Hall–Kier alpha value is -1.82. The maximum Gasteiger partial charge on any atom is 0.271 e. The van der Waals surface area contributed by atoms with Crippen LogP contribution in [0.25, 0.3) is 6.08 Å². The van der Waals surface area contributed by atoms with E-state index in [9.17, 15) is 18.0 Å². The van der Waals surface area contributed by atoms with Crippen molar-refractivity contribution in [3.8, 4) is 0 Å². The number of halogens is 3. The molecule has 0 N–H and O–H groups in total. The normalized spacial score (nSPS) is 25.4. The van der Waals surface area contributed by atoms with Gasteiger partial charge in [-0.05, 0) is 42.7 Å². The first-order chi connectivity index (χ1) is 12.0. The summed E-state index contributed by atoms with van der Waals surface area (Å²) in [7, 11) is 0. The van der Waals surface area contributed by atoms with E-state index in [1.165, 1.54) is 12.1 Å². The summed E-state index contributed by atoms with van der Waals surface area (Å²) >= 11 is 1.74. The highest BCUT2D eigenvalue weighted by Crippen LogP contribution is 2.47. The fourth-order valence-corrected chi connectivity index (χ4v) is 5.33. The summed E-state index contributed by atoms with van der Waals surface area (Å²) in [5.74, 6) is 0.101. The molecule has 1 saturated heterocycles. The molecule has 4 rings (SSSR count). The van der Waals surface area contributed by atoms with Crippen molar-refractivity contribution in [2.75, 3.05) is 5.75 Å². The van der Waals surface area contributed by atoms with Crippen molar-refractivity contribution >= 4 is 29.3 Å². The Morgan fingerprint density at radius 2 is 2.08 bits per heavy atom. The Kier molecular flexibility index (Phi) is 4.31. The Labute approximate surface area is 147 Å². The van der Waals surface area contributed by atoms with Crippen molar-refractivity contribution in [2.24, 2.45) is 4.99 Å². The smallest absolute Gasteiger partial charge is 0.271 e. The zero-order valence-electron chi connectivity index (χ0n) is 13.4. The number of hydrogen-bond donors (Lipinski definition) is 0. The molecule has 1 aromatic rings. The lowest BCUT2D eigenvalue weighted by Gasteiger charge is -2.33. The zero-order chi connectivity index (χ0) is 17.6. The Morgan fingerprint density at radius 1 is 1.24 bits per heavy atom. The van der Waals surface area contributed by atoms with E-state index in [4.69, 9.17) is 4.99 Å². The van der Waals surface area contributed by atoms with Gasteiger partial charge in [-0.2, -0.15) is 20.5 Å². The van der Waals surface area contributed by atoms with Crippen LogP contribution in [0.2, 0.25) is 0 Å². The molecule has 0 radical (unpaired) electrons. The number of Topliss-reactive ketones (excluding diaryl/α,β-unsaturated/α-hetero) is 1. The van der Waals surface area contributed by atoms with Gasteiger partial charge in [0.15, 0.2) is 5.78 Å². The molecule has 3 aliphatic rings. The van der Waals surface area contributed by atoms with Crippen molar-refractivity contribution < 1.29 is 18.0 Å². The molecule has 1 aromatic carbocycles. The topological polar surface area (TPSA) is 29.4 Å². The number of fused-ring (bicyclic) bond motifs is 1. The van der Waals surface area contributed by atoms with E-state index in [1.807, 2.05) is 0 Å².